The Morgan fingerprint density at radius 3 is 2.72 bits per heavy atom. The van der Waals surface area contributed by atoms with Crippen LogP contribution in [0.5, 0.6) is 11.5 Å². The average molecular weight is 357 g/mol. The first-order valence-corrected chi connectivity index (χ1v) is 7.96. The van der Waals surface area contributed by atoms with Gasteiger partial charge in [-0.3, -0.25) is 4.79 Å². The molecule has 1 aliphatic heterocycles. The summed E-state index contributed by atoms with van der Waals surface area (Å²) < 4.78 is 15.8. The predicted octanol–water partition coefficient (Wildman–Crippen LogP) is 3.65. The van der Waals surface area contributed by atoms with E-state index in [1.165, 1.54) is 0 Å². The maximum Gasteiger partial charge on any atom is 0.273 e. The van der Waals surface area contributed by atoms with Gasteiger partial charge >= 0.3 is 0 Å². The minimum atomic E-state index is -0.318. The van der Waals surface area contributed by atoms with E-state index in [2.05, 4.69) is 10.5 Å². The van der Waals surface area contributed by atoms with Crippen molar-refractivity contribution >= 4 is 17.5 Å². The van der Waals surface area contributed by atoms with Crippen molar-refractivity contribution in [2.24, 2.45) is 0 Å². The Labute approximate surface area is 148 Å². The summed E-state index contributed by atoms with van der Waals surface area (Å²) in [6.07, 6.45) is 0. The number of aromatic nitrogens is 1. The highest BCUT2D eigenvalue weighted by Gasteiger charge is 2.16. The van der Waals surface area contributed by atoms with Gasteiger partial charge in [0, 0.05) is 23.2 Å². The zero-order valence-corrected chi connectivity index (χ0v) is 13.7. The van der Waals surface area contributed by atoms with E-state index in [-0.39, 0.29) is 18.4 Å². The molecular weight excluding hydrogens is 344 g/mol. The maximum atomic E-state index is 12.2. The lowest BCUT2D eigenvalue weighted by atomic mass is 10.1. The van der Waals surface area contributed by atoms with Crippen molar-refractivity contribution < 1.29 is 18.8 Å². The molecule has 3 aromatic rings. The summed E-state index contributed by atoms with van der Waals surface area (Å²) in [6, 6.07) is 14.2. The van der Waals surface area contributed by atoms with Crippen LogP contribution in [0.4, 0.5) is 0 Å². The van der Waals surface area contributed by atoms with Crippen molar-refractivity contribution in [3.8, 4) is 22.8 Å². The van der Waals surface area contributed by atoms with Crippen molar-refractivity contribution in [1.29, 1.82) is 0 Å². The number of carbonyl (C=O) groups is 1. The number of nitrogens with one attached hydrogen (secondary N) is 1. The minimum absolute atomic E-state index is 0.214. The van der Waals surface area contributed by atoms with Gasteiger partial charge in [-0.15, -0.1) is 0 Å². The third kappa shape index (κ3) is 3.29. The van der Waals surface area contributed by atoms with Crippen LogP contribution in [0.25, 0.3) is 11.3 Å². The molecule has 126 valence electrons. The van der Waals surface area contributed by atoms with Gasteiger partial charge in [-0.1, -0.05) is 22.8 Å². The zero-order chi connectivity index (χ0) is 17.2. The number of amides is 1. The van der Waals surface area contributed by atoms with E-state index >= 15 is 0 Å². The standard InChI is InChI=1S/C18H13ClN2O4/c19-13-4-2-12(3-5-13)16-8-14(21-25-16)18(22)20-9-11-1-6-15-17(7-11)24-10-23-15/h1-8H,9-10H2,(H,20,22). The number of nitrogens with zero attached hydrogens (tertiary/aromatic N) is 1. The second-order valence-corrected chi connectivity index (χ2v) is 5.89. The Morgan fingerprint density at radius 2 is 1.88 bits per heavy atom. The maximum absolute atomic E-state index is 12.2. The average Bonchev–Trinajstić information content (AvgIpc) is 3.29. The Balaban J connectivity index is 1.42. The topological polar surface area (TPSA) is 73.6 Å². The molecule has 0 bridgehead atoms. The Morgan fingerprint density at radius 1 is 1.08 bits per heavy atom. The molecular formula is C18H13ClN2O4. The third-order valence-corrected chi connectivity index (χ3v) is 4.01. The molecule has 7 heteroatoms. The van der Waals surface area contributed by atoms with Gasteiger partial charge in [0.05, 0.1) is 0 Å². The third-order valence-electron chi connectivity index (χ3n) is 3.76. The van der Waals surface area contributed by atoms with E-state index in [4.69, 9.17) is 25.6 Å². The van der Waals surface area contributed by atoms with E-state index in [1.807, 2.05) is 18.2 Å². The number of carbonyl (C=O) groups excluding carboxylic acids is 1. The van der Waals surface area contributed by atoms with Crippen molar-refractivity contribution in [2.45, 2.75) is 6.54 Å². The lowest BCUT2D eigenvalue weighted by Crippen LogP contribution is -2.22. The fraction of sp³-hybridized carbons (Fsp3) is 0.111. The molecule has 0 spiro atoms. The number of hydrogen-bond acceptors (Lipinski definition) is 5. The molecule has 0 saturated carbocycles. The molecule has 1 aliphatic rings. The SMILES string of the molecule is O=C(NCc1ccc2c(c1)OCO2)c1cc(-c2ccc(Cl)cc2)on1. The van der Waals surface area contributed by atoms with E-state index in [0.717, 1.165) is 11.1 Å². The first kappa shape index (κ1) is 15.5. The molecule has 4 rings (SSSR count). The first-order valence-electron chi connectivity index (χ1n) is 7.58. The summed E-state index contributed by atoms with van der Waals surface area (Å²) in [7, 11) is 0. The largest absolute Gasteiger partial charge is 0.454 e. The van der Waals surface area contributed by atoms with Crippen molar-refractivity contribution in [3.63, 3.8) is 0 Å². The predicted molar refractivity (Wildman–Crippen MR) is 90.7 cm³/mol. The zero-order valence-electron chi connectivity index (χ0n) is 13.0. The van der Waals surface area contributed by atoms with Gasteiger partial charge in [0.2, 0.25) is 6.79 Å². The van der Waals surface area contributed by atoms with Crippen LogP contribution in [-0.2, 0) is 6.54 Å². The van der Waals surface area contributed by atoms with E-state index in [9.17, 15) is 4.79 Å². The normalized spacial score (nSPS) is 12.2. The van der Waals surface area contributed by atoms with E-state index < -0.39 is 0 Å². The number of hydrogen-bond donors (Lipinski definition) is 1. The van der Waals surface area contributed by atoms with Crippen LogP contribution < -0.4 is 14.8 Å². The van der Waals surface area contributed by atoms with Gasteiger partial charge in [-0.05, 0) is 42.0 Å². The second-order valence-electron chi connectivity index (χ2n) is 5.45. The van der Waals surface area contributed by atoms with Crippen molar-refractivity contribution in [1.82, 2.24) is 10.5 Å². The van der Waals surface area contributed by atoms with Gasteiger partial charge in [0.15, 0.2) is 23.0 Å². The smallest absolute Gasteiger partial charge is 0.273 e. The molecule has 6 nitrogen and oxygen atoms in total. The van der Waals surface area contributed by atoms with E-state index in [1.54, 1.807) is 30.3 Å². The molecule has 1 N–H and O–H groups in total. The van der Waals surface area contributed by atoms with Crippen LogP contribution in [0.3, 0.4) is 0 Å². The van der Waals surface area contributed by atoms with E-state index in [0.29, 0.717) is 28.8 Å². The van der Waals surface area contributed by atoms with Crippen LogP contribution >= 0.6 is 11.6 Å². The van der Waals surface area contributed by atoms with Crippen molar-refractivity contribution in [2.75, 3.05) is 6.79 Å². The minimum Gasteiger partial charge on any atom is -0.454 e. The Bertz CT molecular complexity index is 921. The fourth-order valence-electron chi connectivity index (χ4n) is 2.46. The quantitative estimate of drug-likeness (QED) is 0.772. The highest BCUT2D eigenvalue weighted by atomic mass is 35.5. The number of rotatable bonds is 4. The van der Waals surface area contributed by atoms with Gasteiger partial charge in [-0.2, -0.15) is 0 Å². The van der Waals surface area contributed by atoms with Gasteiger partial charge in [-0.25, -0.2) is 0 Å². The lowest BCUT2D eigenvalue weighted by molar-refractivity contribution is 0.0942. The van der Waals surface area contributed by atoms with Crippen LogP contribution in [-0.4, -0.2) is 17.9 Å². The number of ether oxygens (including phenoxy) is 2. The molecule has 0 atom stereocenters. The van der Waals surface area contributed by atoms with Gasteiger partial charge in [0.25, 0.3) is 5.91 Å². The summed E-state index contributed by atoms with van der Waals surface area (Å²) in [5.74, 6) is 1.57. The number of halogens is 1. The summed E-state index contributed by atoms with van der Waals surface area (Å²) in [6.45, 7) is 0.566. The summed E-state index contributed by atoms with van der Waals surface area (Å²) in [4.78, 5) is 12.2. The first-order chi connectivity index (χ1) is 12.2. The Kier molecular flexibility index (Phi) is 4.03. The van der Waals surface area contributed by atoms with Crippen LogP contribution in [0.1, 0.15) is 16.1 Å². The summed E-state index contributed by atoms with van der Waals surface area (Å²) in [5.41, 5.74) is 1.91. The molecule has 2 heterocycles. The molecule has 1 aromatic heterocycles. The van der Waals surface area contributed by atoms with Crippen LogP contribution in [0.2, 0.25) is 5.02 Å². The Hall–Kier alpha value is -2.99. The van der Waals surface area contributed by atoms with Crippen LogP contribution in [0, 0.1) is 0 Å². The highest BCUT2D eigenvalue weighted by Crippen LogP contribution is 2.32. The number of benzene rings is 2. The molecule has 0 saturated heterocycles. The summed E-state index contributed by atoms with van der Waals surface area (Å²) in [5, 5.41) is 7.25. The van der Waals surface area contributed by atoms with Crippen molar-refractivity contribution in [3.05, 3.63) is 64.8 Å². The molecule has 2 aromatic carbocycles. The lowest BCUT2D eigenvalue weighted by Gasteiger charge is -2.04. The molecule has 0 fully saturated rings. The summed E-state index contributed by atoms with van der Waals surface area (Å²) >= 11 is 5.86. The van der Waals surface area contributed by atoms with Gasteiger partial charge in [0.1, 0.15) is 0 Å². The molecule has 1 amide bonds. The number of fused-ring (bicyclic) bond motifs is 1. The van der Waals surface area contributed by atoms with Crippen LogP contribution in [0.15, 0.2) is 53.1 Å². The van der Waals surface area contributed by atoms with Gasteiger partial charge < -0.3 is 19.3 Å². The monoisotopic (exact) mass is 356 g/mol. The highest BCUT2D eigenvalue weighted by molar-refractivity contribution is 6.30. The molecule has 25 heavy (non-hydrogen) atoms. The molecule has 0 aliphatic carbocycles. The molecule has 0 unspecified atom stereocenters. The second kappa shape index (κ2) is 6.49. The molecule has 0 radical (unpaired) electrons. The fourth-order valence-corrected chi connectivity index (χ4v) is 2.58.